The Labute approximate surface area is 151 Å². The number of ether oxygens (including phenoxy) is 1. The average molecular weight is 409 g/mol. The van der Waals surface area contributed by atoms with Gasteiger partial charge in [-0.2, -0.15) is 0 Å². The number of aromatic nitrogens is 2. The molecule has 0 saturated carbocycles. The lowest BCUT2D eigenvalue weighted by molar-refractivity contribution is 0.174. The number of para-hydroxylation sites is 1. The lowest BCUT2D eigenvalue weighted by atomic mass is 10.2. The second kappa shape index (κ2) is 7.81. The molecule has 0 fully saturated rings. The fourth-order valence-corrected chi connectivity index (χ4v) is 2.94. The van der Waals surface area contributed by atoms with E-state index >= 15 is 0 Å². The van der Waals surface area contributed by atoms with E-state index in [2.05, 4.69) is 26.1 Å². The number of thioether (sulfide) groups is 1. The second-order valence-electron chi connectivity index (χ2n) is 5.01. The molecule has 0 aliphatic heterocycles. The third-order valence-corrected chi connectivity index (χ3v) is 4.60. The van der Waals surface area contributed by atoms with E-state index < -0.39 is 11.9 Å². The van der Waals surface area contributed by atoms with Crippen molar-refractivity contribution < 1.29 is 13.5 Å². The summed E-state index contributed by atoms with van der Waals surface area (Å²) >= 11 is 4.85. The molecule has 0 bridgehead atoms. The highest BCUT2D eigenvalue weighted by atomic mass is 79.9. The van der Waals surface area contributed by atoms with Crippen molar-refractivity contribution in [3.63, 3.8) is 0 Å². The second-order valence-corrected chi connectivity index (χ2v) is 6.85. The number of rotatable bonds is 6. The summed E-state index contributed by atoms with van der Waals surface area (Å²) in [6.07, 6.45) is -0.531. The van der Waals surface area contributed by atoms with Gasteiger partial charge in [0.1, 0.15) is 0 Å². The number of nitrogens with zero attached hydrogens (tertiary/aromatic N) is 2. The van der Waals surface area contributed by atoms with Crippen molar-refractivity contribution in [2.24, 2.45) is 0 Å². The van der Waals surface area contributed by atoms with Gasteiger partial charge in [0.25, 0.3) is 11.1 Å². The van der Waals surface area contributed by atoms with Crippen LogP contribution in [0.15, 0.2) is 62.6 Å². The summed E-state index contributed by atoms with van der Waals surface area (Å²) in [6, 6.07) is 14.2. The fourth-order valence-electron chi connectivity index (χ4n) is 1.95. The summed E-state index contributed by atoms with van der Waals surface area (Å²) in [5.41, 5.74) is 1.15. The Bertz CT molecular complexity index is 810. The minimum Gasteiger partial charge on any atom is -0.478 e. The molecule has 7 heteroatoms. The Kier molecular flexibility index (Phi) is 5.52. The van der Waals surface area contributed by atoms with Crippen LogP contribution in [0.1, 0.15) is 24.5 Å². The van der Waals surface area contributed by atoms with Crippen LogP contribution in [-0.4, -0.2) is 10.2 Å². The van der Waals surface area contributed by atoms with Crippen LogP contribution in [0.5, 0.6) is 5.75 Å². The van der Waals surface area contributed by atoms with Crippen LogP contribution >= 0.6 is 27.7 Å². The van der Waals surface area contributed by atoms with Crippen molar-refractivity contribution in [1.82, 2.24) is 10.2 Å². The smallest absolute Gasteiger partial charge is 0.277 e. The van der Waals surface area contributed by atoms with Crippen molar-refractivity contribution in [3.8, 4) is 5.75 Å². The van der Waals surface area contributed by atoms with Crippen LogP contribution in [0.25, 0.3) is 0 Å². The molecule has 124 valence electrons. The zero-order chi connectivity index (χ0) is 16.9. The Morgan fingerprint density at radius 3 is 2.67 bits per heavy atom. The molecule has 3 rings (SSSR count). The quantitative estimate of drug-likeness (QED) is 0.510. The molecule has 0 aliphatic carbocycles. The summed E-state index contributed by atoms with van der Waals surface area (Å²) in [5, 5.41) is 8.43. The molecule has 3 aromatic rings. The predicted octanol–water partition coefficient (Wildman–Crippen LogP) is 5.40. The molecule has 0 amide bonds. The topological polar surface area (TPSA) is 48.2 Å². The lowest BCUT2D eigenvalue weighted by Gasteiger charge is -2.11. The normalized spacial score (nSPS) is 12.1. The van der Waals surface area contributed by atoms with Gasteiger partial charge in [-0.3, -0.25) is 0 Å². The number of hydrogen-bond acceptors (Lipinski definition) is 5. The third kappa shape index (κ3) is 4.36. The standard InChI is InChI=1S/C17H14BrFN2O2S/c1-11(22-15-5-3-2-4-14(15)19)16-20-21-17(23-16)24-10-12-6-8-13(18)9-7-12/h2-9,11H,10H2,1H3/t11-/m1/s1. The van der Waals surface area contributed by atoms with Crippen LogP contribution < -0.4 is 4.74 Å². The van der Waals surface area contributed by atoms with E-state index in [1.54, 1.807) is 25.1 Å². The zero-order valence-electron chi connectivity index (χ0n) is 12.8. The Morgan fingerprint density at radius 2 is 1.92 bits per heavy atom. The molecule has 0 saturated heterocycles. The Balaban J connectivity index is 1.60. The van der Waals surface area contributed by atoms with E-state index in [1.165, 1.54) is 17.8 Å². The van der Waals surface area contributed by atoms with Crippen LogP contribution in [0.4, 0.5) is 4.39 Å². The molecule has 1 heterocycles. The monoisotopic (exact) mass is 408 g/mol. The van der Waals surface area contributed by atoms with Gasteiger partial charge >= 0.3 is 0 Å². The first kappa shape index (κ1) is 17.0. The third-order valence-electron chi connectivity index (χ3n) is 3.19. The van der Waals surface area contributed by atoms with E-state index in [0.717, 1.165) is 15.8 Å². The van der Waals surface area contributed by atoms with Crippen LogP contribution in [0.2, 0.25) is 0 Å². The van der Waals surface area contributed by atoms with Crippen LogP contribution in [0.3, 0.4) is 0 Å². The molecule has 0 aliphatic rings. The average Bonchev–Trinajstić information content (AvgIpc) is 3.06. The predicted molar refractivity (Wildman–Crippen MR) is 93.4 cm³/mol. The molecule has 0 radical (unpaired) electrons. The summed E-state index contributed by atoms with van der Waals surface area (Å²) in [7, 11) is 0. The maximum Gasteiger partial charge on any atom is 0.277 e. The molecule has 0 unspecified atom stereocenters. The molecular formula is C17H14BrFN2O2S. The number of benzene rings is 2. The molecule has 0 N–H and O–H groups in total. The molecule has 24 heavy (non-hydrogen) atoms. The van der Waals surface area contributed by atoms with E-state index in [0.29, 0.717) is 11.1 Å². The van der Waals surface area contributed by atoms with E-state index in [-0.39, 0.29) is 5.75 Å². The minimum absolute atomic E-state index is 0.160. The molecule has 1 atom stereocenters. The molecule has 0 spiro atoms. The first-order valence-electron chi connectivity index (χ1n) is 7.23. The first-order chi connectivity index (χ1) is 11.6. The van der Waals surface area contributed by atoms with Crippen molar-refractivity contribution in [2.45, 2.75) is 24.0 Å². The molecular weight excluding hydrogens is 395 g/mol. The fraction of sp³-hybridized carbons (Fsp3) is 0.176. The largest absolute Gasteiger partial charge is 0.478 e. The summed E-state index contributed by atoms with van der Waals surface area (Å²) in [5.74, 6) is 0.773. The van der Waals surface area contributed by atoms with Crippen LogP contribution in [0, 0.1) is 5.82 Å². The minimum atomic E-state index is -0.531. The molecule has 1 aromatic heterocycles. The number of halogens is 2. The van der Waals surface area contributed by atoms with Gasteiger partial charge < -0.3 is 9.15 Å². The summed E-state index contributed by atoms with van der Waals surface area (Å²) in [6.45, 7) is 1.74. The highest BCUT2D eigenvalue weighted by Crippen LogP contribution is 2.27. The summed E-state index contributed by atoms with van der Waals surface area (Å²) < 4.78 is 25.8. The first-order valence-corrected chi connectivity index (χ1v) is 9.01. The SMILES string of the molecule is C[C@@H](Oc1ccccc1F)c1nnc(SCc2ccc(Br)cc2)o1. The van der Waals surface area contributed by atoms with E-state index in [4.69, 9.17) is 9.15 Å². The molecule has 4 nitrogen and oxygen atoms in total. The van der Waals surface area contributed by atoms with Crippen molar-refractivity contribution in [3.05, 3.63) is 70.3 Å². The van der Waals surface area contributed by atoms with E-state index in [1.807, 2.05) is 24.3 Å². The Hall–Kier alpha value is -1.86. The van der Waals surface area contributed by atoms with Gasteiger partial charge in [0, 0.05) is 10.2 Å². The lowest BCUT2D eigenvalue weighted by Crippen LogP contribution is -2.04. The highest BCUT2D eigenvalue weighted by molar-refractivity contribution is 9.10. The molecule has 2 aromatic carbocycles. The van der Waals surface area contributed by atoms with Gasteiger partial charge in [0.05, 0.1) is 0 Å². The van der Waals surface area contributed by atoms with Gasteiger partial charge in [0.2, 0.25) is 0 Å². The van der Waals surface area contributed by atoms with Crippen LogP contribution in [-0.2, 0) is 5.75 Å². The van der Waals surface area contributed by atoms with Gasteiger partial charge in [-0.25, -0.2) is 4.39 Å². The van der Waals surface area contributed by atoms with Gasteiger partial charge in [0.15, 0.2) is 17.7 Å². The maximum atomic E-state index is 13.6. The van der Waals surface area contributed by atoms with Gasteiger partial charge in [-0.1, -0.05) is 52.0 Å². The van der Waals surface area contributed by atoms with Gasteiger partial charge in [-0.05, 0) is 36.8 Å². The maximum absolute atomic E-state index is 13.6. The number of hydrogen-bond donors (Lipinski definition) is 0. The Morgan fingerprint density at radius 1 is 1.17 bits per heavy atom. The summed E-state index contributed by atoms with van der Waals surface area (Å²) in [4.78, 5) is 0. The van der Waals surface area contributed by atoms with Crippen molar-refractivity contribution >= 4 is 27.7 Å². The van der Waals surface area contributed by atoms with Crippen molar-refractivity contribution in [1.29, 1.82) is 0 Å². The van der Waals surface area contributed by atoms with Gasteiger partial charge in [-0.15, -0.1) is 10.2 Å². The van der Waals surface area contributed by atoms with Crippen molar-refractivity contribution in [2.75, 3.05) is 0 Å². The zero-order valence-corrected chi connectivity index (χ0v) is 15.2. The van der Waals surface area contributed by atoms with E-state index in [9.17, 15) is 4.39 Å². The highest BCUT2D eigenvalue weighted by Gasteiger charge is 2.17.